The molecular weight excluding hydrogens is 448 g/mol. The number of fused-ring (bicyclic) bond motifs is 1. The summed E-state index contributed by atoms with van der Waals surface area (Å²) in [5.41, 5.74) is 5.81. The van der Waals surface area contributed by atoms with Gasteiger partial charge in [0.2, 0.25) is 0 Å². The number of thiocarbonyl (C=S) groups is 1. The lowest BCUT2D eigenvalue weighted by Crippen LogP contribution is -2.51. The molecule has 3 N–H and O–H groups in total. The normalized spacial score (nSPS) is 19.8. The minimum atomic E-state index is -4.46. The number of hydrogen-bond donors (Lipinski definition) is 2. The molecule has 0 unspecified atom stereocenters. The van der Waals surface area contributed by atoms with E-state index in [1.54, 1.807) is 32.9 Å². The molecule has 1 fully saturated rings. The van der Waals surface area contributed by atoms with E-state index in [0.717, 1.165) is 4.57 Å². The quantitative estimate of drug-likeness (QED) is 0.501. The van der Waals surface area contributed by atoms with Crippen LogP contribution < -0.4 is 11.1 Å². The Labute approximate surface area is 188 Å². The largest absolute Gasteiger partial charge is 0.444 e. The molecular formula is C21H26F4N4O2S. The number of carbonyl (C=O) groups excluding carboxylic acids is 1. The van der Waals surface area contributed by atoms with Crippen LogP contribution in [0.5, 0.6) is 0 Å². The predicted octanol–water partition coefficient (Wildman–Crippen LogP) is 4.60. The molecule has 1 aromatic carbocycles. The first kappa shape index (κ1) is 24.1. The van der Waals surface area contributed by atoms with Crippen molar-refractivity contribution in [2.75, 3.05) is 18.4 Å². The zero-order chi connectivity index (χ0) is 23.8. The molecule has 2 atom stereocenters. The van der Waals surface area contributed by atoms with E-state index < -0.39 is 36.6 Å². The van der Waals surface area contributed by atoms with Crippen molar-refractivity contribution in [2.45, 2.75) is 57.7 Å². The van der Waals surface area contributed by atoms with Crippen LogP contribution in [0.25, 0.3) is 10.9 Å². The maximum Gasteiger partial charge on any atom is 0.410 e. The molecule has 0 spiro atoms. The molecule has 11 heteroatoms. The molecule has 1 amide bonds. The highest BCUT2D eigenvalue weighted by atomic mass is 32.1. The maximum atomic E-state index is 14.9. The first-order valence-electron chi connectivity index (χ1n) is 10.1. The molecule has 176 valence electrons. The Bertz CT molecular complexity index is 1020. The highest BCUT2D eigenvalue weighted by molar-refractivity contribution is 7.80. The van der Waals surface area contributed by atoms with Gasteiger partial charge in [-0.25, -0.2) is 9.18 Å². The van der Waals surface area contributed by atoms with Crippen LogP contribution >= 0.6 is 12.2 Å². The van der Waals surface area contributed by atoms with Gasteiger partial charge in [-0.15, -0.1) is 0 Å². The number of carbonyl (C=O) groups is 1. The lowest BCUT2D eigenvalue weighted by molar-refractivity contribution is -0.139. The van der Waals surface area contributed by atoms with Crippen molar-refractivity contribution < 1.29 is 27.1 Å². The smallest absolute Gasteiger partial charge is 0.410 e. The van der Waals surface area contributed by atoms with E-state index in [1.807, 2.05) is 0 Å². The fourth-order valence-corrected chi connectivity index (χ4v) is 3.89. The van der Waals surface area contributed by atoms with Crippen molar-refractivity contribution in [3.8, 4) is 0 Å². The minimum absolute atomic E-state index is 0.0816. The highest BCUT2D eigenvalue weighted by Gasteiger charge is 2.34. The lowest BCUT2D eigenvalue weighted by Gasteiger charge is -2.36. The van der Waals surface area contributed by atoms with E-state index in [2.05, 4.69) is 5.32 Å². The summed E-state index contributed by atoms with van der Waals surface area (Å²) < 4.78 is 60.5. The topological polar surface area (TPSA) is 72.5 Å². The summed E-state index contributed by atoms with van der Waals surface area (Å²) in [6.07, 6.45) is -6.12. The van der Waals surface area contributed by atoms with Gasteiger partial charge in [0.25, 0.3) is 0 Å². The Hall–Kier alpha value is -2.56. The number of amides is 1. The summed E-state index contributed by atoms with van der Waals surface area (Å²) >= 11 is 4.94. The molecule has 3 rings (SSSR count). The third kappa shape index (κ3) is 5.62. The molecule has 0 bridgehead atoms. The van der Waals surface area contributed by atoms with Gasteiger partial charge in [0.15, 0.2) is 0 Å². The van der Waals surface area contributed by atoms with Crippen LogP contribution in [0.3, 0.4) is 0 Å². The SMILES string of the molecule is CC(C)(C)OC(=O)N1CC[C@H](Nc2cccc3c2cc(C(N)=S)n3CC(F)(F)F)[C@H](F)C1. The monoisotopic (exact) mass is 474 g/mol. The number of piperidine rings is 1. The third-order valence-electron chi connectivity index (χ3n) is 5.07. The molecule has 1 aromatic heterocycles. The number of nitrogens with two attached hydrogens (primary N) is 1. The van der Waals surface area contributed by atoms with Gasteiger partial charge in [-0.1, -0.05) is 18.3 Å². The minimum Gasteiger partial charge on any atom is -0.444 e. The Morgan fingerprint density at radius 2 is 2.00 bits per heavy atom. The molecule has 0 radical (unpaired) electrons. The summed E-state index contributed by atoms with van der Waals surface area (Å²) in [5, 5.41) is 3.55. The second-order valence-electron chi connectivity index (χ2n) is 8.82. The van der Waals surface area contributed by atoms with Crippen LogP contribution in [-0.2, 0) is 11.3 Å². The van der Waals surface area contributed by atoms with Crippen LogP contribution in [0.1, 0.15) is 32.9 Å². The average molecular weight is 475 g/mol. The van der Waals surface area contributed by atoms with E-state index >= 15 is 0 Å². The first-order chi connectivity index (χ1) is 14.7. The Morgan fingerprint density at radius 1 is 1.31 bits per heavy atom. The number of ether oxygens (including phenoxy) is 1. The standard InChI is InChI=1S/C21H26F4N4O2S/c1-20(2,3)31-19(30)28-8-7-15(13(22)10-28)27-14-5-4-6-16-12(14)9-17(18(26)32)29(16)11-21(23,24)25/h4-6,9,13,15,27H,7-8,10-11H2,1-3H3,(H2,26,32)/t13-,15+/m1/s1. The number of benzene rings is 1. The summed E-state index contributed by atoms with van der Waals surface area (Å²) in [6.45, 7) is 4.11. The van der Waals surface area contributed by atoms with Crippen LogP contribution in [0, 0.1) is 0 Å². The zero-order valence-electron chi connectivity index (χ0n) is 18.0. The molecule has 1 saturated heterocycles. The van der Waals surface area contributed by atoms with Crippen molar-refractivity contribution in [3.63, 3.8) is 0 Å². The molecule has 32 heavy (non-hydrogen) atoms. The van der Waals surface area contributed by atoms with Crippen LogP contribution in [0.2, 0.25) is 0 Å². The number of aromatic nitrogens is 1. The lowest BCUT2D eigenvalue weighted by atomic mass is 10.0. The van der Waals surface area contributed by atoms with Gasteiger partial charge in [0.1, 0.15) is 23.3 Å². The number of rotatable bonds is 4. The van der Waals surface area contributed by atoms with Gasteiger partial charge in [0, 0.05) is 17.6 Å². The van der Waals surface area contributed by atoms with Crippen LogP contribution in [0.15, 0.2) is 24.3 Å². The van der Waals surface area contributed by atoms with Gasteiger partial charge in [-0.05, 0) is 45.4 Å². The second kappa shape index (κ2) is 8.76. The zero-order valence-corrected chi connectivity index (χ0v) is 18.8. The summed E-state index contributed by atoms with van der Waals surface area (Å²) in [7, 11) is 0. The van der Waals surface area contributed by atoms with Gasteiger partial charge >= 0.3 is 12.3 Å². The molecule has 0 saturated carbocycles. The molecule has 1 aliphatic heterocycles. The molecule has 2 heterocycles. The van der Waals surface area contributed by atoms with Crippen molar-refractivity contribution in [3.05, 3.63) is 30.0 Å². The Kier molecular flexibility index (Phi) is 6.60. The number of hydrogen-bond acceptors (Lipinski definition) is 4. The van der Waals surface area contributed by atoms with Crippen molar-refractivity contribution in [2.24, 2.45) is 5.73 Å². The van der Waals surface area contributed by atoms with E-state index in [9.17, 15) is 22.4 Å². The van der Waals surface area contributed by atoms with Gasteiger partial charge in [-0.3, -0.25) is 0 Å². The number of nitrogens with one attached hydrogen (secondary N) is 1. The van der Waals surface area contributed by atoms with Gasteiger partial charge in [0.05, 0.1) is 23.8 Å². The predicted molar refractivity (Wildman–Crippen MR) is 119 cm³/mol. The Morgan fingerprint density at radius 3 is 2.56 bits per heavy atom. The number of alkyl halides is 4. The second-order valence-corrected chi connectivity index (χ2v) is 9.26. The molecule has 6 nitrogen and oxygen atoms in total. The van der Waals surface area contributed by atoms with Crippen molar-refractivity contribution >= 4 is 39.9 Å². The van der Waals surface area contributed by atoms with E-state index in [-0.39, 0.29) is 29.3 Å². The van der Waals surface area contributed by atoms with Crippen LogP contribution in [0.4, 0.5) is 28.0 Å². The molecule has 1 aliphatic rings. The van der Waals surface area contributed by atoms with E-state index in [0.29, 0.717) is 17.5 Å². The number of likely N-dealkylation sites (tertiary alicyclic amines) is 1. The molecule has 2 aromatic rings. The third-order valence-corrected chi connectivity index (χ3v) is 5.28. The van der Waals surface area contributed by atoms with E-state index in [4.69, 9.17) is 22.7 Å². The van der Waals surface area contributed by atoms with Crippen molar-refractivity contribution in [1.82, 2.24) is 9.47 Å². The summed E-state index contributed by atoms with van der Waals surface area (Å²) in [5.74, 6) is 0. The molecule has 0 aliphatic carbocycles. The Balaban J connectivity index is 1.82. The van der Waals surface area contributed by atoms with Crippen molar-refractivity contribution in [1.29, 1.82) is 0 Å². The number of anilines is 1. The van der Waals surface area contributed by atoms with Crippen LogP contribution in [-0.4, -0.2) is 57.6 Å². The summed E-state index contributed by atoms with van der Waals surface area (Å²) in [6, 6.07) is 5.64. The average Bonchev–Trinajstić information content (AvgIpc) is 3.00. The maximum absolute atomic E-state index is 14.9. The number of nitrogens with zero attached hydrogens (tertiary/aromatic N) is 2. The van der Waals surface area contributed by atoms with Gasteiger partial charge in [-0.2, -0.15) is 13.2 Å². The fraction of sp³-hybridized carbons (Fsp3) is 0.524. The summed E-state index contributed by atoms with van der Waals surface area (Å²) in [4.78, 5) is 13.4. The fourth-order valence-electron chi connectivity index (χ4n) is 3.72. The van der Waals surface area contributed by atoms with Gasteiger partial charge < -0.3 is 25.3 Å². The number of halogens is 4. The first-order valence-corrected chi connectivity index (χ1v) is 10.5. The highest BCUT2D eigenvalue weighted by Crippen LogP contribution is 2.32. The van der Waals surface area contributed by atoms with E-state index in [1.165, 1.54) is 17.0 Å².